The number of rotatable bonds is 3. The van der Waals surface area contributed by atoms with Gasteiger partial charge >= 0.3 is 0 Å². The zero-order valence-electron chi connectivity index (χ0n) is 8.93. The number of hydrogen-bond acceptors (Lipinski definition) is 3. The highest BCUT2D eigenvalue weighted by atomic mass is 32.2. The smallest absolute Gasteiger partial charge is 0.0992 e. The van der Waals surface area contributed by atoms with E-state index in [2.05, 4.69) is 4.36 Å². The van der Waals surface area contributed by atoms with Crippen LogP contribution in [0.4, 0.5) is 5.69 Å². The van der Waals surface area contributed by atoms with Gasteiger partial charge in [0.2, 0.25) is 0 Å². The minimum atomic E-state index is -2.13. The summed E-state index contributed by atoms with van der Waals surface area (Å²) < 4.78 is 16.3. The van der Waals surface area contributed by atoms with Crippen LogP contribution >= 0.6 is 0 Å². The van der Waals surface area contributed by atoms with Crippen molar-refractivity contribution in [3.8, 4) is 6.07 Å². The van der Waals surface area contributed by atoms with Crippen LogP contribution in [0.3, 0.4) is 0 Å². The van der Waals surface area contributed by atoms with Gasteiger partial charge in [0.25, 0.3) is 0 Å². The summed E-state index contributed by atoms with van der Waals surface area (Å²) in [6, 6.07) is 8.92. The van der Waals surface area contributed by atoms with Crippen molar-refractivity contribution in [3.63, 3.8) is 0 Å². The third-order valence-electron chi connectivity index (χ3n) is 2.15. The van der Waals surface area contributed by atoms with Crippen molar-refractivity contribution in [1.29, 1.82) is 5.26 Å². The van der Waals surface area contributed by atoms with E-state index < -0.39 is 9.73 Å². The molecule has 1 rings (SSSR count). The number of nitriles is 1. The number of benzene rings is 1. The van der Waals surface area contributed by atoms with Crippen LogP contribution < -0.4 is 0 Å². The van der Waals surface area contributed by atoms with Crippen LogP contribution in [-0.4, -0.2) is 15.7 Å². The highest BCUT2D eigenvalue weighted by Crippen LogP contribution is 2.16. The Bertz CT molecular complexity index is 484. The van der Waals surface area contributed by atoms with Crippen LogP contribution in [0.2, 0.25) is 0 Å². The van der Waals surface area contributed by atoms with E-state index in [1.54, 1.807) is 24.3 Å². The van der Waals surface area contributed by atoms with Gasteiger partial charge in [-0.25, -0.2) is 4.21 Å². The van der Waals surface area contributed by atoms with E-state index in [0.29, 0.717) is 22.8 Å². The van der Waals surface area contributed by atoms with E-state index in [9.17, 15) is 4.21 Å². The molecule has 1 aromatic rings. The molecule has 0 bridgehead atoms. The van der Waals surface area contributed by atoms with Crippen molar-refractivity contribution in [2.24, 2.45) is 4.36 Å². The normalized spacial score (nSPS) is 10.7. The molecule has 0 spiro atoms. The van der Waals surface area contributed by atoms with Crippen LogP contribution in [-0.2, 0) is 9.73 Å². The molecule has 0 fully saturated rings. The summed E-state index contributed by atoms with van der Waals surface area (Å²) in [6.07, 6.45) is 0. The first kappa shape index (κ1) is 11.7. The zero-order chi connectivity index (χ0) is 11.3. The van der Waals surface area contributed by atoms with Gasteiger partial charge in [-0.1, -0.05) is 19.9 Å². The van der Waals surface area contributed by atoms with Crippen molar-refractivity contribution in [2.45, 2.75) is 13.8 Å². The average Bonchev–Trinajstić information content (AvgIpc) is 2.29. The van der Waals surface area contributed by atoms with E-state index in [-0.39, 0.29) is 0 Å². The summed E-state index contributed by atoms with van der Waals surface area (Å²) in [6.45, 7) is 3.73. The van der Waals surface area contributed by atoms with E-state index in [1.165, 1.54) is 0 Å². The quantitative estimate of drug-likeness (QED) is 0.789. The molecular formula is C11H14N2OS. The van der Waals surface area contributed by atoms with Crippen molar-refractivity contribution >= 4 is 15.4 Å². The Hall–Kier alpha value is -1.34. The third-order valence-corrected chi connectivity index (χ3v) is 4.50. The lowest BCUT2D eigenvalue weighted by Crippen LogP contribution is -2.04. The van der Waals surface area contributed by atoms with Gasteiger partial charge in [0.1, 0.15) is 0 Å². The Morgan fingerprint density at radius 3 is 2.60 bits per heavy atom. The molecule has 0 radical (unpaired) electrons. The minimum Gasteiger partial charge on any atom is -0.249 e. The molecule has 0 aromatic heterocycles. The SMILES string of the molecule is CCS(=O)(CC)=Nc1cccc(C#N)c1. The highest BCUT2D eigenvalue weighted by Gasteiger charge is 2.03. The van der Waals surface area contributed by atoms with Gasteiger partial charge in [-0.05, 0) is 18.2 Å². The van der Waals surface area contributed by atoms with Gasteiger partial charge < -0.3 is 0 Å². The third kappa shape index (κ3) is 3.07. The van der Waals surface area contributed by atoms with Crippen molar-refractivity contribution in [1.82, 2.24) is 0 Å². The number of nitrogens with zero attached hydrogens (tertiary/aromatic N) is 2. The first-order valence-corrected chi connectivity index (χ1v) is 6.71. The molecule has 0 aliphatic rings. The lowest BCUT2D eigenvalue weighted by atomic mass is 10.2. The molecule has 0 saturated carbocycles. The standard InChI is InChI=1S/C11H14N2OS/c1-3-15(14,4-2)13-11-7-5-6-10(8-11)9-12/h5-8H,3-4H2,1-2H3. The average molecular weight is 222 g/mol. The van der Waals surface area contributed by atoms with Crippen LogP contribution in [0.25, 0.3) is 0 Å². The summed E-state index contributed by atoms with van der Waals surface area (Å²) in [7, 11) is -2.13. The summed E-state index contributed by atoms with van der Waals surface area (Å²) in [5, 5.41) is 8.71. The van der Waals surface area contributed by atoms with Crippen molar-refractivity contribution in [3.05, 3.63) is 29.8 Å². The van der Waals surface area contributed by atoms with Crippen LogP contribution in [0, 0.1) is 11.3 Å². The fourth-order valence-corrected chi connectivity index (χ4v) is 2.32. The molecule has 4 heteroatoms. The van der Waals surface area contributed by atoms with E-state index in [4.69, 9.17) is 5.26 Å². The Kier molecular flexibility index (Phi) is 3.87. The second kappa shape index (κ2) is 4.94. The predicted molar refractivity (Wildman–Crippen MR) is 62.5 cm³/mol. The predicted octanol–water partition coefficient (Wildman–Crippen LogP) is 2.70. The molecule has 0 N–H and O–H groups in total. The van der Waals surface area contributed by atoms with E-state index >= 15 is 0 Å². The van der Waals surface area contributed by atoms with Gasteiger partial charge in [-0.2, -0.15) is 9.62 Å². The summed E-state index contributed by atoms with van der Waals surface area (Å²) in [5.74, 6) is 1.08. The second-order valence-electron chi connectivity index (χ2n) is 3.10. The van der Waals surface area contributed by atoms with Crippen LogP contribution in [0.5, 0.6) is 0 Å². The molecule has 0 saturated heterocycles. The maximum Gasteiger partial charge on any atom is 0.0992 e. The maximum absolute atomic E-state index is 12.0. The molecule has 0 unspecified atom stereocenters. The second-order valence-corrected chi connectivity index (χ2v) is 5.99. The first-order valence-electron chi connectivity index (χ1n) is 4.86. The van der Waals surface area contributed by atoms with Gasteiger partial charge in [-0.3, -0.25) is 0 Å². The van der Waals surface area contributed by atoms with E-state index in [1.807, 2.05) is 19.9 Å². The lowest BCUT2D eigenvalue weighted by molar-refractivity contribution is 0.678. The molecule has 1 aromatic carbocycles. The van der Waals surface area contributed by atoms with Gasteiger partial charge in [0.15, 0.2) is 0 Å². The first-order chi connectivity index (χ1) is 7.13. The topological polar surface area (TPSA) is 53.2 Å². The van der Waals surface area contributed by atoms with Gasteiger partial charge in [-0.15, -0.1) is 0 Å². The summed E-state index contributed by atoms with van der Waals surface area (Å²) in [4.78, 5) is 0. The fraction of sp³-hybridized carbons (Fsp3) is 0.364. The maximum atomic E-state index is 12.0. The van der Waals surface area contributed by atoms with Crippen molar-refractivity contribution < 1.29 is 4.21 Å². The molecular weight excluding hydrogens is 208 g/mol. The molecule has 0 heterocycles. The molecule has 0 aliphatic heterocycles. The number of hydrogen-bond donors (Lipinski definition) is 0. The molecule has 0 amide bonds. The highest BCUT2D eigenvalue weighted by molar-refractivity contribution is 7.93. The van der Waals surface area contributed by atoms with Gasteiger partial charge in [0.05, 0.1) is 27.0 Å². The molecule has 15 heavy (non-hydrogen) atoms. The Balaban J connectivity index is 3.19. The van der Waals surface area contributed by atoms with Crippen LogP contribution in [0.15, 0.2) is 28.6 Å². The Morgan fingerprint density at radius 2 is 2.07 bits per heavy atom. The monoisotopic (exact) mass is 222 g/mol. The van der Waals surface area contributed by atoms with Crippen LogP contribution in [0.1, 0.15) is 19.4 Å². The van der Waals surface area contributed by atoms with Crippen molar-refractivity contribution in [2.75, 3.05) is 11.5 Å². The van der Waals surface area contributed by atoms with Gasteiger partial charge in [0, 0.05) is 11.5 Å². The molecule has 0 atom stereocenters. The minimum absolute atomic E-state index is 0.542. The Morgan fingerprint density at radius 1 is 1.40 bits per heavy atom. The molecule has 3 nitrogen and oxygen atoms in total. The van der Waals surface area contributed by atoms with E-state index in [0.717, 1.165) is 0 Å². The zero-order valence-corrected chi connectivity index (χ0v) is 9.75. The summed E-state index contributed by atoms with van der Waals surface area (Å²) >= 11 is 0. The lowest BCUT2D eigenvalue weighted by Gasteiger charge is -2.03. The molecule has 80 valence electrons. The summed E-state index contributed by atoms with van der Waals surface area (Å²) in [5.41, 5.74) is 1.17. The largest absolute Gasteiger partial charge is 0.249 e. The Labute approximate surface area is 90.9 Å². The molecule has 0 aliphatic carbocycles. The fourth-order valence-electron chi connectivity index (χ4n) is 1.16.